The molecule has 2 aliphatic heterocycles. The summed E-state index contributed by atoms with van der Waals surface area (Å²) in [4.78, 5) is 30.2. The van der Waals surface area contributed by atoms with Crippen molar-refractivity contribution in [2.45, 2.75) is 33.7 Å². The van der Waals surface area contributed by atoms with Gasteiger partial charge in [0.15, 0.2) is 0 Å². The highest BCUT2D eigenvalue weighted by atomic mass is 19.1. The fraction of sp³-hybridized carbons (Fsp3) is 0.360. The predicted molar refractivity (Wildman–Crippen MR) is 115 cm³/mol. The van der Waals surface area contributed by atoms with Crippen molar-refractivity contribution in [3.05, 3.63) is 76.7 Å². The van der Waals surface area contributed by atoms with Crippen molar-refractivity contribution in [2.24, 2.45) is 11.8 Å². The van der Waals surface area contributed by atoms with Crippen molar-refractivity contribution >= 4 is 17.4 Å². The number of benzene rings is 2. The maximum atomic E-state index is 14.2. The summed E-state index contributed by atoms with van der Waals surface area (Å²) in [6.45, 7) is 7.74. The van der Waals surface area contributed by atoms with Crippen LogP contribution in [-0.4, -0.2) is 34.7 Å². The minimum atomic E-state index is -0.413. The smallest absolute Gasteiger partial charge is 0.278 e. The Labute approximate surface area is 177 Å². The van der Waals surface area contributed by atoms with E-state index in [0.717, 1.165) is 30.6 Å². The lowest BCUT2D eigenvalue weighted by atomic mass is 9.91. The molecular formula is C25H27FN2O2. The van der Waals surface area contributed by atoms with Crippen molar-refractivity contribution < 1.29 is 14.0 Å². The molecular weight excluding hydrogens is 379 g/mol. The van der Waals surface area contributed by atoms with Crippen LogP contribution in [0.2, 0.25) is 0 Å². The first-order chi connectivity index (χ1) is 14.3. The van der Waals surface area contributed by atoms with Crippen molar-refractivity contribution in [1.82, 2.24) is 9.80 Å². The van der Waals surface area contributed by atoms with Gasteiger partial charge in [0.2, 0.25) is 0 Å². The van der Waals surface area contributed by atoms with E-state index in [2.05, 4.69) is 18.7 Å². The summed E-state index contributed by atoms with van der Waals surface area (Å²) in [5.41, 5.74) is 3.04. The third-order valence-electron chi connectivity index (χ3n) is 5.96. The zero-order chi connectivity index (χ0) is 21.4. The topological polar surface area (TPSA) is 40.6 Å². The first kappa shape index (κ1) is 20.3. The fourth-order valence-corrected chi connectivity index (χ4v) is 4.62. The maximum absolute atomic E-state index is 14.2. The van der Waals surface area contributed by atoms with E-state index in [-0.39, 0.29) is 18.4 Å². The van der Waals surface area contributed by atoms with Crippen molar-refractivity contribution in [3.63, 3.8) is 0 Å². The molecule has 0 radical (unpaired) electrons. The largest absolute Gasteiger partial charge is 0.366 e. The van der Waals surface area contributed by atoms with Crippen LogP contribution in [0.1, 0.15) is 37.0 Å². The zero-order valence-electron chi connectivity index (χ0n) is 17.7. The van der Waals surface area contributed by atoms with Gasteiger partial charge in [-0.25, -0.2) is 4.39 Å². The molecule has 2 aliphatic rings. The molecule has 5 heteroatoms. The molecule has 1 saturated heterocycles. The Morgan fingerprint density at radius 1 is 0.933 bits per heavy atom. The Hall–Kier alpha value is -2.95. The lowest BCUT2D eigenvalue weighted by Gasteiger charge is -2.37. The van der Waals surface area contributed by atoms with Crippen LogP contribution in [0.3, 0.4) is 0 Å². The number of hydrogen-bond donors (Lipinski definition) is 0. The van der Waals surface area contributed by atoms with Gasteiger partial charge in [-0.1, -0.05) is 61.9 Å². The molecule has 0 N–H and O–H groups in total. The first-order valence-corrected chi connectivity index (χ1v) is 10.5. The number of imide groups is 1. The lowest BCUT2D eigenvalue weighted by molar-refractivity contribution is -0.138. The van der Waals surface area contributed by atoms with Crippen molar-refractivity contribution in [2.75, 3.05) is 13.1 Å². The second kappa shape index (κ2) is 8.05. The summed E-state index contributed by atoms with van der Waals surface area (Å²) in [7, 11) is 0. The van der Waals surface area contributed by atoms with Crippen LogP contribution in [0.15, 0.2) is 54.2 Å². The van der Waals surface area contributed by atoms with E-state index >= 15 is 0 Å². The minimum absolute atomic E-state index is 0.0673. The van der Waals surface area contributed by atoms with E-state index in [1.807, 2.05) is 31.2 Å². The molecule has 2 unspecified atom stereocenters. The standard InChI is InChI=1S/C25H27FN2O2/c1-16-8-10-19(11-9-16)22-23(27-13-17(2)12-18(3)14-27)25(30)28(24(22)29)15-20-6-4-5-7-21(20)26/h4-11,17-18H,12-15H2,1-3H3. The minimum Gasteiger partial charge on any atom is -0.366 e. The van der Waals surface area contributed by atoms with Crippen LogP contribution in [0.5, 0.6) is 0 Å². The van der Waals surface area contributed by atoms with Gasteiger partial charge in [-0.2, -0.15) is 0 Å². The van der Waals surface area contributed by atoms with E-state index in [0.29, 0.717) is 28.7 Å². The number of rotatable bonds is 4. The molecule has 30 heavy (non-hydrogen) atoms. The Bertz CT molecular complexity index is 1000. The van der Waals surface area contributed by atoms with Crippen molar-refractivity contribution in [3.8, 4) is 0 Å². The summed E-state index contributed by atoms with van der Waals surface area (Å²) >= 11 is 0. The normalized spacial score (nSPS) is 22.3. The number of carbonyl (C=O) groups is 2. The Morgan fingerprint density at radius 2 is 1.57 bits per heavy atom. The molecule has 4 rings (SSSR count). The molecule has 4 nitrogen and oxygen atoms in total. The van der Waals surface area contributed by atoms with E-state index in [1.165, 1.54) is 11.0 Å². The predicted octanol–water partition coefficient (Wildman–Crippen LogP) is 4.39. The molecule has 0 aliphatic carbocycles. The summed E-state index contributed by atoms with van der Waals surface area (Å²) in [5, 5.41) is 0. The van der Waals surface area contributed by atoms with E-state index in [4.69, 9.17) is 0 Å². The monoisotopic (exact) mass is 406 g/mol. The zero-order valence-corrected chi connectivity index (χ0v) is 17.7. The van der Waals surface area contributed by atoms with E-state index in [9.17, 15) is 14.0 Å². The Morgan fingerprint density at radius 3 is 2.20 bits per heavy atom. The Kier molecular flexibility index (Phi) is 5.46. The molecule has 2 amide bonds. The van der Waals surface area contributed by atoms with Gasteiger partial charge in [-0.15, -0.1) is 0 Å². The molecule has 156 valence electrons. The Balaban J connectivity index is 1.76. The number of hydrogen-bond acceptors (Lipinski definition) is 3. The van der Waals surface area contributed by atoms with Gasteiger partial charge in [0.05, 0.1) is 12.1 Å². The number of aryl methyl sites for hydroxylation is 1. The molecule has 2 aromatic carbocycles. The molecule has 2 heterocycles. The van der Waals surface area contributed by atoms with Gasteiger partial charge in [0, 0.05) is 18.7 Å². The second-order valence-electron chi connectivity index (χ2n) is 8.73. The van der Waals surface area contributed by atoms with Gasteiger partial charge < -0.3 is 4.90 Å². The highest BCUT2D eigenvalue weighted by Gasteiger charge is 2.43. The summed E-state index contributed by atoms with van der Waals surface area (Å²) in [6, 6.07) is 13.9. The number of piperidine rings is 1. The van der Waals surface area contributed by atoms with Crippen LogP contribution >= 0.6 is 0 Å². The molecule has 1 fully saturated rings. The van der Waals surface area contributed by atoms with Gasteiger partial charge >= 0.3 is 0 Å². The molecule has 0 bridgehead atoms. The molecule has 0 aromatic heterocycles. The van der Waals surface area contributed by atoms with Crippen LogP contribution in [0.4, 0.5) is 4.39 Å². The summed E-state index contributed by atoms with van der Waals surface area (Å²) in [5.74, 6) is -0.232. The lowest BCUT2D eigenvalue weighted by Crippen LogP contribution is -2.41. The number of likely N-dealkylation sites (tertiary alicyclic amines) is 1. The van der Waals surface area contributed by atoms with Gasteiger partial charge in [0.1, 0.15) is 11.5 Å². The SMILES string of the molecule is Cc1ccc(C2=C(N3CC(C)CC(C)C3)C(=O)N(Cc3ccccc3F)C2=O)cc1. The maximum Gasteiger partial charge on any atom is 0.278 e. The third kappa shape index (κ3) is 3.76. The molecule has 0 spiro atoms. The average molecular weight is 407 g/mol. The van der Waals surface area contributed by atoms with E-state index < -0.39 is 5.82 Å². The van der Waals surface area contributed by atoms with Crippen LogP contribution < -0.4 is 0 Å². The molecule has 2 aromatic rings. The third-order valence-corrected chi connectivity index (χ3v) is 5.96. The van der Waals surface area contributed by atoms with Crippen molar-refractivity contribution in [1.29, 1.82) is 0 Å². The van der Waals surface area contributed by atoms with Crippen LogP contribution in [0, 0.1) is 24.6 Å². The highest BCUT2D eigenvalue weighted by molar-refractivity contribution is 6.35. The summed E-state index contributed by atoms with van der Waals surface area (Å²) < 4.78 is 14.2. The van der Waals surface area contributed by atoms with Crippen LogP contribution in [0.25, 0.3) is 5.57 Å². The first-order valence-electron chi connectivity index (χ1n) is 10.5. The molecule has 2 atom stereocenters. The van der Waals surface area contributed by atoms with Gasteiger partial charge in [-0.3, -0.25) is 14.5 Å². The van der Waals surface area contributed by atoms with Gasteiger partial charge in [0.25, 0.3) is 11.8 Å². The van der Waals surface area contributed by atoms with Crippen LogP contribution in [-0.2, 0) is 16.1 Å². The van der Waals surface area contributed by atoms with E-state index in [1.54, 1.807) is 18.2 Å². The van der Waals surface area contributed by atoms with Gasteiger partial charge in [-0.05, 0) is 36.8 Å². The number of amides is 2. The average Bonchev–Trinajstić information content (AvgIpc) is 2.94. The highest BCUT2D eigenvalue weighted by Crippen LogP contribution is 2.36. The number of halogens is 1. The summed E-state index contributed by atoms with van der Waals surface area (Å²) in [6.07, 6.45) is 1.10. The second-order valence-corrected chi connectivity index (χ2v) is 8.73. The molecule has 0 saturated carbocycles. The number of nitrogens with zero attached hydrogens (tertiary/aromatic N) is 2. The quantitative estimate of drug-likeness (QED) is 0.707. The fourth-order valence-electron chi connectivity index (χ4n) is 4.62. The number of carbonyl (C=O) groups excluding carboxylic acids is 2.